The minimum Gasteiger partial charge on any atom is -0.496 e. The van der Waals surface area contributed by atoms with Crippen molar-refractivity contribution < 1.29 is 18.5 Å². The number of amides is 1. The van der Waals surface area contributed by atoms with Crippen molar-refractivity contribution in [3.63, 3.8) is 0 Å². The predicted molar refractivity (Wildman–Crippen MR) is 95.2 cm³/mol. The summed E-state index contributed by atoms with van der Waals surface area (Å²) in [5, 5.41) is 4.05. The van der Waals surface area contributed by atoms with Crippen molar-refractivity contribution in [2.45, 2.75) is 12.3 Å². The van der Waals surface area contributed by atoms with Crippen LogP contribution in [0.1, 0.15) is 33.8 Å². The number of hydrogen-bond donors (Lipinski definition) is 0. The number of furan rings is 1. The molecule has 3 aromatic rings. The zero-order valence-electron chi connectivity index (χ0n) is 14.0. The van der Waals surface area contributed by atoms with Gasteiger partial charge in [0.2, 0.25) is 5.89 Å². The van der Waals surface area contributed by atoms with E-state index in [0.29, 0.717) is 41.7 Å². The van der Waals surface area contributed by atoms with Gasteiger partial charge in [-0.3, -0.25) is 4.79 Å². The molecule has 1 aliphatic heterocycles. The number of aromatic nitrogens is 2. The number of carbonyl (C=O) groups is 1. The molecule has 1 aromatic carbocycles. The molecule has 2 aromatic heterocycles. The first-order chi connectivity index (χ1) is 12.6. The highest BCUT2D eigenvalue weighted by Gasteiger charge is 2.37. The highest BCUT2D eigenvalue weighted by atomic mass is 79.9. The molecule has 1 saturated heterocycles. The van der Waals surface area contributed by atoms with E-state index < -0.39 is 0 Å². The van der Waals surface area contributed by atoms with Crippen molar-refractivity contribution in [2.24, 2.45) is 0 Å². The third kappa shape index (κ3) is 3.24. The van der Waals surface area contributed by atoms with E-state index in [9.17, 15) is 4.79 Å². The monoisotopic (exact) mass is 417 g/mol. The minimum absolute atomic E-state index is 0.0521. The molecule has 0 unspecified atom stereocenters. The Kier molecular flexibility index (Phi) is 4.50. The normalized spacial score (nSPS) is 14.3. The number of methoxy groups -OCH3 is 1. The van der Waals surface area contributed by atoms with Crippen molar-refractivity contribution >= 4 is 21.8 Å². The van der Waals surface area contributed by atoms with Gasteiger partial charge in [0.05, 0.1) is 13.0 Å². The van der Waals surface area contributed by atoms with Crippen molar-refractivity contribution in [3.8, 4) is 5.75 Å². The maximum atomic E-state index is 12.3. The fourth-order valence-corrected chi connectivity index (χ4v) is 3.22. The average molecular weight is 418 g/mol. The van der Waals surface area contributed by atoms with Gasteiger partial charge in [0.15, 0.2) is 16.3 Å². The molecule has 4 rings (SSSR count). The number of likely N-dealkylation sites (tertiary alicyclic amines) is 1. The van der Waals surface area contributed by atoms with Gasteiger partial charge in [-0.1, -0.05) is 23.4 Å². The number of benzene rings is 1. The molecule has 1 fully saturated rings. The number of para-hydroxylation sites is 1. The van der Waals surface area contributed by atoms with Gasteiger partial charge in [0, 0.05) is 25.1 Å². The second kappa shape index (κ2) is 6.95. The number of halogens is 1. The molecular weight excluding hydrogens is 402 g/mol. The highest BCUT2D eigenvalue weighted by Crippen LogP contribution is 2.29. The zero-order valence-corrected chi connectivity index (χ0v) is 15.6. The summed E-state index contributed by atoms with van der Waals surface area (Å²) in [7, 11) is 1.64. The quantitative estimate of drug-likeness (QED) is 0.633. The van der Waals surface area contributed by atoms with Crippen molar-refractivity contribution in [3.05, 3.63) is 64.1 Å². The standard InChI is InChI=1S/C18H16BrN3O4/c1-24-13-5-3-2-4-11(13)8-16-20-17(26-21-16)12-9-22(10-12)18(23)14-6-7-15(19)25-14/h2-7,12H,8-10H2,1H3. The predicted octanol–water partition coefficient (Wildman–Crippen LogP) is 3.26. The molecule has 0 spiro atoms. The van der Waals surface area contributed by atoms with Gasteiger partial charge in [-0.15, -0.1) is 0 Å². The van der Waals surface area contributed by atoms with E-state index in [1.807, 2.05) is 24.3 Å². The molecule has 26 heavy (non-hydrogen) atoms. The summed E-state index contributed by atoms with van der Waals surface area (Å²) in [6.45, 7) is 1.07. The van der Waals surface area contributed by atoms with Crippen LogP contribution in [-0.2, 0) is 6.42 Å². The average Bonchev–Trinajstić information content (AvgIpc) is 3.23. The lowest BCUT2D eigenvalue weighted by molar-refractivity contribution is 0.0535. The van der Waals surface area contributed by atoms with E-state index in [1.54, 1.807) is 24.1 Å². The molecule has 134 valence electrons. The first-order valence-electron chi connectivity index (χ1n) is 8.13. The first-order valence-corrected chi connectivity index (χ1v) is 8.92. The fraction of sp³-hybridized carbons (Fsp3) is 0.278. The summed E-state index contributed by atoms with van der Waals surface area (Å²) in [4.78, 5) is 18.4. The number of hydrogen-bond acceptors (Lipinski definition) is 6. The Bertz CT molecular complexity index is 930. The molecule has 0 atom stereocenters. The Labute approximate surface area is 158 Å². The summed E-state index contributed by atoms with van der Waals surface area (Å²) in [5.74, 6) is 2.18. The van der Waals surface area contributed by atoms with Crippen LogP contribution in [0.5, 0.6) is 5.75 Å². The molecule has 3 heterocycles. The summed E-state index contributed by atoms with van der Waals surface area (Å²) < 4.78 is 16.6. The second-order valence-corrected chi connectivity index (χ2v) is 6.83. The molecule has 1 amide bonds. The van der Waals surface area contributed by atoms with Gasteiger partial charge in [-0.25, -0.2) is 0 Å². The summed E-state index contributed by atoms with van der Waals surface area (Å²) >= 11 is 3.20. The Balaban J connectivity index is 1.38. The largest absolute Gasteiger partial charge is 0.496 e. The molecule has 0 radical (unpaired) electrons. The van der Waals surface area contributed by atoms with E-state index in [-0.39, 0.29) is 11.8 Å². The van der Waals surface area contributed by atoms with Crippen LogP contribution in [0.2, 0.25) is 0 Å². The van der Waals surface area contributed by atoms with Crippen molar-refractivity contribution in [2.75, 3.05) is 20.2 Å². The Morgan fingerprint density at radius 1 is 1.31 bits per heavy atom. The second-order valence-electron chi connectivity index (χ2n) is 6.05. The van der Waals surface area contributed by atoms with Crippen LogP contribution >= 0.6 is 15.9 Å². The van der Waals surface area contributed by atoms with Gasteiger partial charge in [0.25, 0.3) is 5.91 Å². The molecule has 0 bridgehead atoms. The first kappa shape index (κ1) is 16.8. The van der Waals surface area contributed by atoms with Crippen LogP contribution in [0.3, 0.4) is 0 Å². The lowest BCUT2D eigenvalue weighted by Crippen LogP contribution is -2.48. The van der Waals surface area contributed by atoms with Crippen LogP contribution in [0.4, 0.5) is 0 Å². The maximum Gasteiger partial charge on any atom is 0.289 e. The number of carbonyl (C=O) groups excluding carboxylic acids is 1. The van der Waals surface area contributed by atoms with Gasteiger partial charge in [0.1, 0.15) is 5.75 Å². The van der Waals surface area contributed by atoms with E-state index in [4.69, 9.17) is 13.7 Å². The van der Waals surface area contributed by atoms with Crippen LogP contribution in [0, 0.1) is 0 Å². The fourth-order valence-electron chi connectivity index (χ4n) is 2.91. The summed E-state index contributed by atoms with van der Waals surface area (Å²) in [6.07, 6.45) is 0.531. The molecule has 0 N–H and O–H groups in total. The highest BCUT2D eigenvalue weighted by molar-refractivity contribution is 9.10. The van der Waals surface area contributed by atoms with Crippen LogP contribution in [0.25, 0.3) is 0 Å². The number of ether oxygens (including phenoxy) is 1. The molecule has 1 aliphatic rings. The topological polar surface area (TPSA) is 81.6 Å². The molecule has 7 nitrogen and oxygen atoms in total. The number of rotatable bonds is 5. The lowest BCUT2D eigenvalue weighted by Gasteiger charge is -2.36. The van der Waals surface area contributed by atoms with E-state index in [0.717, 1.165) is 11.3 Å². The minimum atomic E-state index is -0.138. The summed E-state index contributed by atoms with van der Waals surface area (Å²) in [6, 6.07) is 11.1. The van der Waals surface area contributed by atoms with Crippen molar-refractivity contribution in [1.29, 1.82) is 0 Å². The van der Waals surface area contributed by atoms with Gasteiger partial charge in [-0.05, 0) is 34.1 Å². The SMILES string of the molecule is COc1ccccc1Cc1noc(C2CN(C(=O)c3ccc(Br)o3)C2)n1. The van der Waals surface area contributed by atoms with Crippen LogP contribution in [-0.4, -0.2) is 41.1 Å². The third-order valence-corrected chi connectivity index (χ3v) is 4.75. The van der Waals surface area contributed by atoms with Crippen LogP contribution < -0.4 is 4.74 Å². The van der Waals surface area contributed by atoms with Gasteiger partial charge >= 0.3 is 0 Å². The van der Waals surface area contributed by atoms with Crippen molar-refractivity contribution in [1.82, 2.24) is 15.0 Å². The smallest absolute Gasteiger partial charge is 0.289 e. The van der Waals surface area contributed by atoms with Gasteiger partial charge < -0.3 is 18.6 Å². The van der Waals surface area contributed by atoms with E-state index >= 15 is 0 Å². The van der Waals surface area contributed by atoms with Crippen LogP contribution in [0.15, 0.2) is 50.0 Å². The lowest BCUT2D eigenvalue weighted by atomic mass is 10.00. The Morgan fingerprint density at radius 2 is 2.12 bits per heavy atom. The molecule has 0 saturated carbocycles. The van der Waals surface area contributed by atoms with E-state index in [1.165, 1.54) is 0 Å². The molecule has 8 heteroatoms. The number of nitrogens with zero attached hydrogens (tertiary/aromatic N) is 3. The maximum absolute atomic E-state index is 12.3. The third-order valence-electron chi connectivity index (χ3n) is 4.33. The Morgan fingerprint density at radius 3 is 2.85 bits per heavy atom. The molecular formula is C18H16BrN3O4. The zero-order chi connectivity index (χ0) is 18.1. The van der Waals surface area contributed by atoms with Gasteiger partial charge in [-0.2, -0.15) is 4.98 Å². The van der Waals surface area contributed by atoms with E-state index in [2.05, 4.69) is 26.1 Å². The summed E-state index contributed by atoms with van der Waals surface area (Å²) in [5.41, 5.74) is 0.996. The Hall–Kier alpha value is -2.61. The molecule has 0 aliphatic carbocycles.